The molecule has 7 nitrogen and oxygen atoms in total. The van der Waals surface area contributed by atoms with Gasteiger partial charge in [-0.2, -0.15) is 0 Å². The van der Waals surface area contributed by atoms with Gasteiger partial charge in [0.25, 0.3) is 10.0 Å². The first kappa shape index (κ1) is 15.6. The molecule has 24 heavy (non-hydrogen) atoms. The molecule has 4 rings (SSSR count). The number of fused-ring (bicyclic) bond motifs is 2. The van der Waals surface area contributed by atoms with Crippen molar-refractivity contribution < 1.29 is 8.42 Å². The van der Waals surface area contributed by atoms with Gasteiger partial charge >= 0.3 is 0 Å². The maximum atomic E-state index is 12.7. The SMILES string of the molecule is O=S(=O)(NC[C@H]1CCn2ccnc2C1)c1c(Cl)nc2ccccn12. The van der Waals surface area contributed by atoms with E-state index in [1.165, 1.54) is 4.40 Å². The van der Waals surface area contributed by atoms with Crippen LogP contribution in [0, 0.1) is 5.92 Å². The van der Waals surface area contributed by atoms with Crippen LogP contribution < -0.4 is 4.72 Å². The molecule has 0 saturated carbocycles. The maximum absolute atomic E-state index is 12.7. The molecule has 1 N–H and O–H groups in total. The second-order valence-corrected chi connectivity index (χ2v) is 7.92. The highest BCUT2D eigenvalue weighted by Gasteiger charge is 2.26. The van der Waals surface area contributed by atoms with E-state index in [1.807, 2.05) is 6.20 Å². The average Bonchev–Trinajstić information content (AvgIpc) is 3.15. The number of nitrogens with zero attached hydrogens (tertiary/aromatic N) is 4. The minimum Gasteiger partial charge on any atom is -0.335 e. The number of sulfonamides is 1. The lowest BCUT2D eigenvalue weighted by Gasteiger charge is -2.23. The van der Waals surface area contributed by atoms with E-state index in [2.05, 4.69) is 19.3 Å². The van der Waals surface area contributed by atoms with Crippen LogP contribution in [0.15, 0.2) is 41.8 Å². The Morgan fingerprint density at radius 2 is 2.21 bits per heavy atom. The van der Waals surface area contributed by atoms with E-state index in [4.69, 9.17) is 11.6 Å². The van der Waals surface area contributed by atoms with Gasteiger partial charge in [0.05, 0.1) is 0 Å². The van der Waals surface area contributed by atoms with Gasteiger partial charge in [0.15, 0.2) is 10.2 Å². The van der Waals surface area contributed by atoms with Crippen LogP contribution in [0.2, 0.25) is 5.15 Å². The summed E-state index contributed by atoms with van der Waals surface area (Å²) in [4.78, 5) is 8.40. The number of imidazole rings is 2. The number of halogens is 1. The van der Waals surface area contributed by atoms with Gasteiger partial charge in [-0.15, -0.1) is 0 Å². The summed E-state index contributed by atoms with van der Waals surface area (Å²) < 4.78 is 31.6. The van der Waals surface area contributed by atoms with Gasteiger partial charge in [0.2, 0.25) is 0 Å². The van der Waals surface area contributed by atoms with Gasteiger partial charge in [0.1, 0.15) is 11.5 Å². The van der Waals surface area contributed by atoms with Crippen LogP contribution >= 0.6 is 11.6 Å². The molecule has 0 amide bonds. The van der Waals surface area contributed by atoms with Crippen molar-refractivity contribution in [3.8, 4) is 0 Å². The quantitative estimate of drug-likeness (QED) is 0.763. The van der Waals surface area contributed by atoms with E-state index in [-0.39, 0.29) is 16.1 Å². The summed E-state index contributed by atoms with van der Waals surface area (Å²) in [6.45, 7) is 1.21. The van der Waals surface area contributed by atoms with Crippen molar-refractivity contribution in [2.24, 2.45) is 5.92 Å². The molecule has 0 radical (unpaired) electrons. The monoisotopic (exact) mass is 365 g/mol. The highest BCUT2D eigenvalue weighted by molar-refractivity contribution is 7.89. The van der Waals surface area contributed by atoms with Crippen LogP contribution in [0.4, 0.5) is 0 Å². The van der Waals surface area contributed by atoms with Gasteiger partial charge in [-0.1, -0.05) is 17.7 Å². The zero-order valence-corrected chi connectivity index (χ0v) is 14.3. The van der Waals surface area contributed by atoms with Crippen molar-refractivity contribution in [3.05, 3.63) is 47.8 Å². The van der Waals surface area contributed by atoms with Gasteiger partial charge in [0, 0.05) is 38.1 Å². The Hall–Kier alpha value is -1.90. The molecule has 0 unspecified atom stereocenters. The van der Waals surface area contributed by atoms with Crippen LogP contribution in [0.5, 0.6) is 0 Å². The number of hydrogen-bond acceptors (Lipinski definition) is 4. The second kappa shape index (κ2) is 5.87. The van der Waals surface area contributed by atoms with E-state index in [9.17, 15) is 8.42 Å². The Balaban J connectivity index is 1.54. The summed E-state index contributed by atoms with van der Waals surface area (Å²) in [6.07, 6.45) is 7.04. The average molecular weight is 366 g/mol. The molecule has 0 aliphatic carbocycles. The van der Waals surface area contributed by atoms with Gasteiger partial charge in [-0.3, -0.25) is 4.40 Å². The normalized spacial score (nSPS) is 18.0. The Labute approximate surface area is 144 Å². The summed E-state index contributed by atoms with van der Waals surface area (Å²) >= 11 is 6.06. The van der Waals surface area contributed by atoms with Gasteiger partial charge in [-0.05, 0) is 24.5 Å². The van der Waals surface area contributed by atoms with Crippen molar-refractivity contribution in [1.82, 2.24) is 23.7 Å². The number of aromatic nitrogens is 4. The third-order valence-corrected chi connectivity index (χ3v) is 6.14. The highest BCUT2D eigenvalue weighted by atomic mass is 35.5. The third-order valence-electron chi connectivity index (χ3n) is 4.31. The summed E-state index contributed by atoms with van der Waals surface area (Å²) in [7, 11) is -3.75. The molecule has 4 heterocycles. The molecule has 0 bridgehead atoms. The molecule has 9 heteroatoms. The number of pyridine rings is 1. The predicted molar refractivity (Wildman–Crippen MR) is 89.4 cm³/mol. The van der Waals surface area contributed by atoms with Crippen molar-refractivity contribution in [3.63, 3.8) is 0 Å². The van der Waals surface area contributed by atoms with Gasteiger partial charge < -0.3 is 4.57 Å². The molecule has 0 spiro atoms. The fourth-order valence-electron chi connectivity index (χ4n) is 3.07. The lowest BCUT2D eigenvalue weighted by Crippen LogP contribution is -2.33. The summed E-state index contributed by atoms with van der Waals surface area (Å²) in [5.41, 5.74) is 0.502. The van der Waals surface area contributed by atoms with Gasteiger partial charge in [-0.25, -0.2) is 23.1 Å². The first-order valence-corrected chi connectivity index (χ1v) is 9.53. The Morgan fingerprint density at radius 3 is 3.08 bits per heavy atom. The molecule has 1 atom stereocenters. The van der Waals surface area contributed by atoms with Crippen LogP contribution in [0.25, 0.3) is 5.65 Å². The zero-order chi connectivity index (χ0) is 16.7. The predicted octanol–water partition coefficient (Wildman–Crippen LogP) is 1.73. The molecule has 0 aromatic carbocycles. The van der Waals surface area contributed by atoms with E-state index >= 15 is 0 Å². The van der Waals surface area contributed by atoms with Crippen LogP contribution in [0.1, 0.15) is 12.2 Å². The Bertz CT molecular complexity index is 994. The Morgan fingerprint density at radius 1 is 1.33 bits per heavy atom. The Kier molecular flexibility index (Phi) is 3.82. The molecular formula is C15H16ClN5O2S. The summed E-state index contributed by atoms with van der Waals surface area (Å²) in [5, 5.41) is -0.0371. The molecule has 126 valence electrons. The van der Waals surface area contributed by atoms with Crippen LogP contribution in [-0.4, -0.2) is 33.9 Å². The van der Waals surface area contributed by atoms with E-state index in [1.54, 1.807) is 30.6 Å². The highest BCUT2D eigenvalue weighted by Crippen LogP contribution is 2.23. The van der Waals surface area contributed by atoms with E-state index in [0.29, 0.717) is 12.2 Å². The first-order chi connectivity index (χ1) is 11.5. The van der Waals surface area contributed by atoms with Crippen LogP contribution in [-0.2, 0) is 23.0 Å². The van der Waals surface area contributed by atoms with Crippen molar-refractivity contribution in [1.29, 1.82) is 0 Å². The lowest BCUT2D eigenvalue weighted by atomic mass is 9.98. The summed E-state index contributed by atoms with van der Waals surface area (Å²) in [6, 6.07) is 5.24. The van der Waals surface area contributed by atoms with Crippen molar-refractivity contribution in [2.75, 3.05) is 6.54 Å². The standard InChI is InChI=1S/C15H16ClN5O2S/c16-14-15(21-6-2-1-3-12(21)19-14)24(22,23)18-10-11-4-7-20-8-5-17-13(20)9-11/h1-3,5-6,8,11,18H,4,7,9-10H2/t11-/m0/s1. The fourth-order valence-corrected chi connectivity index (χ4v) is 4.83. The number of nitrogens with one attached hydrogen (secondary N) is 1. The zero-order valence-electron chi connectivity index (χ0n) is 12.8. The minimum atomic E-state index is -3.75. The third kappa shape index (κ3) is 2.70. The maximum Gasteiger partial charge on any atom is 0.259 e. The van der Waals surface area contributed by atoms with E-state index < -0.39 is 10.0 Å². The smallest absolute Gasteiger partial charge is 0.259 e. The van der Waals surface area contributed by atoms with Crippen molar-refractivity contribution in [2.45, 2.75) is 24.4 Å². The molecule has 3 aromatic rings. The number of rotatable bonds is 4. The molecule has 1 aliphatic rings. The number of hydrogen-bond donors (Lipinski definition) is 1. The van der Waals surface area contributed by atoms with Crippen molar-refractivity contribution >= 4 is 27.3 Å². The molecule has 3 aromatic heterocycles. The second-order valence-electron chi connectivity index (χ2n) is 5.88. The summed E-state index contributed by atoms with van der Waals surface area (Å²) in [5.74, 6) is 1.21. The minimum absolute atomic E-state index is 0.0166. The molecule has 0 saturated heterocycles. The molecular weight excluding hydrogens is 350 g/mol. The van der Waals surface area contributed by atoms with Crippen LogP contribution in [0.3, 0.4) is 0 Å². The number of aryl methyl sites for hydroxylation is 1. The first-order valence-electron chi connectivity index (χ1n) is 7.67. The topological polar surface area (TPSA) is 81.3 Å². The van der Waals surface area contributed by atoms with E-state index in [0.717, 1.165) is 25.2 Å². The fraction of sp³-hybridized carbons (Fsp3) is 0.333. The lowest BCUT2D eigenvalue weighted by molar-refractivity contribution is 0.379. The largest absolute Gasteiger partial charge is 0.335 e. The molecule has 0 fully saturated rings. The molecule has 1 aliphatic heterocycles.